The average molecular weight is 286 g/mol. The highest BCUT2D eigenvalue weighted by molar-refractivity contribution is 4.51. The summed E-state index contributed by atoms with van der Waals surface area (Å²) in [7, 11) is 0. The Labute approximate surface area is 127 Å². The second kappa shape index (κ2) is 17.0. The second-order valence-corrected chi connectivity index (χ2v) is 6.09. The first-order chi connectivity index (χ1) is 9.81. The molecule has 1 atom stereocenters. The smallest absolute Gasteiger partial charge is 0.146 e. The summed E-state index contributed by atoms with van der Waals surface area (Å²) in [5, 5.41) is 0. The van der Waals surface area contributed by atoms with Crippen molar-refractivity contribution in [3.8, 4) is 0 Å². The summed E-state index contributed by atoms with van der Waals surface area (Å²) in [5.74, 6) is 0.845. The van der Waals surface area contributed by atoms with Crippen LogP contribution in [-0.4, -0.2) is 20.0 Å². The largest absolute Gasteiger partial charge is 0.355 e. The van der Waals surface area contributed by atoms with Crippen LogP contribution in [0.4, 0.5) is 0 Å². The van der Waals surface area contributed by atoms with Gasteiger partial charge in [0.2, 0.25) is 0 Å². The number of unbranched alkanes of at least 4 members (excludes halogenated alkanes) is 6. The van der Waals surface area contributed by atoms with E-state index in [0.717, 1.165) is 19.1 Å². The number of rotatable bonds is 16. The summed E-state index contributed by atoms with van der Waals surface area (Å²) < 4.78 is 11.0. The lowest BCUT2D eigenvalue weighted by Gasteiger charge is -2.10. The summed E-state index contributed by atoms with van der Waals surface area (Å²) in [6.45, 7) is 9.05. The van der Waals surface area contributed by atoms with E-state index in [4.69, 9.17) is 9.47 Å². The molecular weight excluding hydrogens is 248 g/mol. The van der Waals surface area contributed by atoms with E-state index in [1.165, 1.54) is 70.6 Å². The third kappa shape index (κ3) is 16.0. The van der Waals surface area contributed by atoms with Gasteiger partial charge in [0.1, 0.15) is 6.79 Å². The van der Waals surface area contributed by atoms with Crippen molar-refractivity contribution in [1.82, 2.24) is 0 Å². The van der Waals surface area contributed by atoms with Gasteiger partial charge in [-0.15, -0.1) is 0 Å². The highest BCUT2D eigenvalue weighted by Gasteiger charge is 2.00. The van der Waals surface area contributed by atoms with Crippen LogP contribution in [0.5, 0.6) is 0 Å². The fourth-order valence-electron chi connectivity index (χ4n) is 2.51. The molecule has 0 aliphatic rings. The number of hydrogen-bond donors (Lipinski definition) is 0. The van der Waals surface area contributed by atoms with E-state index in [-0.39, 0.29) is 0 Å². The van der Waals surface area contributed by atoms with Gasteiger partial charge in [-0.1, -0.05) is 72.1 Å². The minimum Gasteiger partial charge on any atom is -0.355 e. The zero-order valence-electron chi connectivity index (χ0n) is 14.3. The third-order valence-electron chi connectivity index (χ3n) is 3.83. The first-order valence-electron chi connectivity index (χ1n) is 8.96. The molecule has 0 rings (SSSR count). The van der Waals surface area contributed by atoms with E-state index >= 15 is 0 Å². The molecule has 0 bridgehead atoms. The van der Waals surface area contributed by atoms with Crippen LogP contribution in [0.1, 0.15) is 91.4 Å². The Morgan fingerprint density at radius 2 is 1.25 bits per heavy atom. The van der Waals surface area contributed by atoms with E-state index in [1.54, 1.807) is 0 Å². The van der Waals surface area contributed by atoms with Crippen LogP contribution < -0.4 is 0 Å². The van der Waals surface area contributed by atoms with Gasteiger partial charge in [0.25, 0.3) is 0 Å². The van der Waals surface area contributed by atoms with Crippen LogP contribution in [0, 0.1) is 5.92 Å². The minimum absolute atomic E-state index is 0.484. The molecule has 0 spiro atoms. The van der Waals surface area contributed by atoms with Gasteiger partial charge in [-0.05, 0) is 25.2 Å². The van der Waals surface area contributed by atoms with E-state index < -0.39 is 0 Å². The molecule has 0 aromatic carbocycles. The topological polar surface area (TPSA) is 18.5 Å². The Morgan fingerprint density at radius 3 is 1.90 bits per heavy atom. The van der Waals surface area contributed by atoms with E-state index in [0.29, 0.717) is 6.79 Å². The lowest BCUT2D eigenvalue weighted by Crippen LogP contribution is -2.04. The Kier molecular flexibility index (Phi) is 16.9. The summed E-state index contributed by atoms with van der Waals surface area (Å²) in [6.07, 6.45) is 14.4. The van der Waals surface area contributed by atoms with Crippen LogP contribution in [0.15, 0.2) is 0 Å². The van der Waals surface area contributed by atoms with Gasteiger partial charge in [0.05, 0.1) is 0 Å². The molecule has 1 unspecified atom stereocenters. The van der Waals surface area contributed by atoms with Gasteiger partial charge < -0.3 is 9.47 Å². The van der Waals surface area contributed by atoms with Crippen LogP contribution in [0.2, 0.25) is 0 Å². The molecule has 2 heteroatoms. The van der Waals surface area contributed by atoms with Gasteiger partial charge in [-0.2, -0.15) is 0 Å². The van der Waals surface area contributed by atoms with Crippen LogP contribution in [-0.2, 0) is 9.47 Å². The highest BCUT2D eigenvalue weighted by Crippen LogP contribution is 2.12. The summed E-state index contributed by atoms with van der Waals surface area (Å²) >= 11 is 0. The predicted octanol–water partition coefficient (Wildman–Crippen LogP) is 5.94. The average Bonchev–Trinajstić information content (AvgIpc) is 2.44. The molecule has 122 valence electrons. The first kappa shape index (κ1) is 19.9. The SMILES string of the molecule is CCCCCCCCCOCOCCCC(C)CCC. The molecule has 0 heterocycles. The van der Waals surface area contributed by atoms with Gasteiger partial charge >= 0.3 is 0 Å². The zero-order chi connectivity index (χ0) is 14.9. The summed E-state index contributed by atoms with van der Waals surface area (Å²) in [4.78, 5) is 0. The lowest BCUT2D eigenvalue weighted by molar-refractivity contribution is -0.0561. The first-order valence-corrected chi connectivity index (χ1v) is 8.96. The standard InChI is InChI=1S/C18H38O2/c1-4-6-7-8-9-10-11-15-19-17-20-16-12-14-18(3)13-5-2/h18H,4-17H2,1-3H3. The molecule has 20 heavy (non-hydrogen) atoms. The Balaban J connectivity index is 2.99. The molecule has 0 radical (unpaired) electrons. The van der Waals surface area contributed by atoms with Gasteiger partial charge in [-0.25, -0.2) is 0 Å². The molecular formula is C18H38O2. The third-order valence-corrected chi connectivity index (χ3v) is 3.83. The number of hydrogen-bond acceptors (Lipinski definition) is 2. The molecule has 0 saturated heterocycles. The maximum Gasteiger partial charge on any atom is 0.146 e. The number of ether oxygens (including phenoxy) is 2. The van der Waals surface area contributed by atoms with Crippen LogP contribution in [0.3, 0.4) is 0 Å². The normalized spacial score (nSPS) is 12.8. The van der Waals surface area contributed by atoms with Gasteiger partial charge in [-0.3, -0.25) is 0 Å². The van der Waals surface area contributed by atoms with E-state index in [9.17, 15) is 0 Å². The fourth-order valence-corrected chi connectivity index (χ4v) is 2.51. The maximum absolute atomic E-state index is 5.50. The molecule has 0 saturated carbocycles. The monoisotopic (exact) mass is 286 g/mol. The molecule has 0 aliphatic carbocycles. The van der Waals surface area contributed by atoms with E-state index in [2.05, 4.69) is 20.8 Å². The Hall–Kier alpha value is -0.0800. The molecule has 0 aromatic rings. The molecule has 0 fully saturated rings. The minimum atomic E-state index is 0.484. The fraction of sp³-hybridized carbons (Fsp3) is 1.00. The van der Waals surface area contributed by atoms with Crippen molar-refractivity contribution in [2.75, 3.05) is 20.0 Å². The van der Waals surface area contributed by atoms with Crippen molar-refractivity contribution in [3.05, 3.63) is 0 Å². The van der Waals surface area contributed by atoms with Crippen molar-refractivity contribution in [2.45, 2.75) is 91.4 Å². The molecule has 0 amide bonds. The second-order valence-electron chi connectivity index (χ2n) is 6.09. The lowest BCUT2D eigenvalue weighted by atomic mass is 10.0. The summed E-state index contributed by atoms with van der Waals surface area (Å²) in [6, 6.07) is 0. The van der Waals surface area contributed by atoms with Gasteiger partial charge in [0.15, 0.2) is 0 Å². The quantitative estimate of drug-likeness (QED) is 0.258. The van der Waals surface area contributed by atoms with Crippen LogP contribution >= 0.6 is 0 Å². The molecule has 0 aliphatic heterocycles. The Bertz CT molecular complexity index is 171. The molecule has 2 nitrogen and oxygen atoms in total. The molecule has 0 N–H and O–H groups in total. The van der Waals surface area contributed by atoms with Crippen molar-refractivity contribution in [1.29, 1.82) is 0 Å². The van der Waals surface area contributed by atoms with Crippen molar-refractivity contribution in [3.63, 3.8) is 0 Å². The zero-order valence-corrected chi connectivity index (χ0v) is 14.3. The molecule has 0 aromatic heterocycles. The highest BCUT2D eigenvalue weighted by atomic mass is 16.7. The maximum atomic E-state index is 5.50. The van der Waals surface area contributed by atoms with Crippen molar-refractivity contribution < 1.29 is 9.47 Å². The van der Waals surface area contributed by atoms with Crippen LogP contribution in [0.25, 0.3) is 0 Å². The predicted molar refractivity (Wildman–Crippen MR) is 88.1 cm³/mol. The van der Waals surface area contributed by atoms with Crippen molar-refractivity contribution in [2.24, 2.45) is 5.92 Å². The summed E-state index contributed by atoms with van der Waals surface area (Å²) in [5.41, 5.74) is 0. The van der Waals surface area contributed by atoms with E-state index in [1.807, 2.05) is 0 Å². The Morgan fingerprint density at radius 1 is 0.650 bits per heavy atom. The van der Waals surface area contributed by atoms with Gasteiger partial charge in [0, 0.05) is 13.2 Å². The van der Waals surface area contributed by atoms with Crippen molar-refractivity contribution >= 4 is 0 Å².